The van der Waals surface area contributed by atoms with Crippen molar-refractivity contribution in [2.75, 3.05) is 37.6 Å². The minimum atomic E-state index is 0.117. The quantitative estimate of drug-likeness (QED) is 0.354. The summed E-state index contributed by atoms with van der Waals surface area (Å²) in [5.74, 6) is 0.117. The van der Waals surface area contributed by atoms with Crippen LogP contribution in [-0.4, -0.2) is 48.5 Å². The van der Waals surface area contributed by atoms with Crippen molar-refractivity contribution >= 4 is 22.4 Å². The van der Waals surface area contributed by atoms with Crippen molar-refractivity contribution in [3.05, 3.63) is 106 Å². The van der Waals surface area contributed by atoms with E-state index in [1.807, 2.05) is 17.0 Å². The second kappa shape index (κ2) is 11.5. The van der Waals surface area contributed by atoms with Crippen LogP contribution in [0.5, 0.6) is 0 Å². The zero-order chi connectivity index (χ0) is 24.7. The molecular formula is C30H32N4OS. The first kappa shape index (κ1) is 24.2. The van der Waals surface area contributed by atoms with Gasteiger partial charge in [-0.15, -0.1) is 11.3 Å². The molecule has 0 spiro atoms. The Bertz CT molecular complexity index is 1260. The number of aryl methyl sites for hydroxylation is 1. The minimum absolute atomic E-state index is 0.117. The van der Waals surface area contributed by atoms with E-state index in [0.717, 1.165) is 67.6 Å². The van der Waals surface area contributed by atoms with Gasteiger partial charge in [0, 0.05) is 55.8 Å². The highest BCUT2D eigenvalue weighted by Gasteiger charge is 2.18. The third-order valence-electron chi connectivity index (χ3n) is 6.60. The van der Waals surface area contributed by atoms with Crippen LogP contribution in [0.4, 0.5) is 5.13 Å². The van der Waals surface area contributed by atoms with Crippen LogP contribution in [0.2, 0.25) is 0 Å². The SMILES string of the molecule is Cc1ccc(-c2csc(N(CCc3ccccc3)Cc3ccc(C(=O)N4CCNCC4)cc3)n2)cc1. The lowest BCUT2D eigenvalue weighted by Crippen LogP contribution is -2.46. The lowest BCUT2D eigenvalue weighted by Gasteiger charge is -2.27. The van der Waals surface area contributed by atoms with Crippen molar-refractivity contribution in [2.45, 2.75) is 19.9 Å². The zero-order valence-corrected chi connectivity index (χ0v) is 21.5. The van der Waals surface area contributed by atoms with E-state index in [0.29, 0.717) is 0 Å². The molecule has 0 saturated carbocycles. The van der Waals surface area contributed by atoms with Gasteiger partial charge in [-0.25, -0.2) is 4.98 Å². The number of carbonyl (C=O) groups is 1. The Kier molecular flexibility index (Phi) is 7.74. The third-order valence-corrected chi connectivity index (χ3v) is 7.50. The Morgan fingerprint density at radius 2 is 1.67 bits per heavy atom. The Morgan fingerprint density at radius 1 is 0.944 bits per heavy atom. The lowest BCUT2D eigenvalue weighted by atomic mass is 10.1. The molecule has 0 bridgehead atoms. The summed E-state index contributed by atoms with van der Waals surface area (Å²) in [6.07, 6.45) is 0.944. The number of nitrogens with zero attached hydrogens (tertiary/aromatic N) is 3. The maximum Gasteiger partial charge on any atom is 0.253 e. The molecule has 184 valence electrons. The number of anilines is 1. The Balaban J connectivity index is 1.33. The van der Waals surface area contributed by atoms with Crippen molar-refractivity contribution in [3.63, 3.8) is 0 Å². The van der Waals surface area contributed by atoms with Crippen LogP contribution in [0.15, 0.2) is 84.2 Å². The fraction of sp³-hybridized carbons (Fsp3) is 0.267. The summed E-state index contributed by atoms with van der Waals surface area (Å²) in [4.78, 5) is 22.1. The van der Waals surface area contributed by atoms with E-state index in [2.05, 4.69) is 89.3 Å². The summed E-state index contributed by atoms with van der Waals surface area (Å²) in [5, 5.41) is 6.46. The average Bonchev–Trinajstić information content (AvgIpc) is 3.43. The van der Waals surface area contributed by atoms with Crippen LogP contribution in [-0.2, 0) is 13.0 Å². The summed E-state index contributed by atoms with van der Waals surface area (Å²) in [7, 11) is 0. The van der Waals surface area contributed by atoms with Crippen LogP contribution in [0.25, 0.3) is 11.3 Å². The van der Waals surface area contributed by atoms with E-state index in [-0.39, 0.29) is 5.91 Å². The van der Waals surface area contributed by atoms with Crippen LogP contribution in [0.3, 0.4) is 0 Å². The highest BCUT2D eigenvalue weighted by atomic mass is 32.1. The van der Waals surface area contributed by atoms with Gasteiger partial charge in [0.25, 0.3) is 5.91 Å². The molecule has 4 aromatic rings. The number of benzene rings is 3. The molecule has 36 heavy (non-hydrogen) atoms. The van der Waals surface area contributed by atoms with Crippen LogP contribution in [0.1, 0.15) is 27.0 Å². The molecule has 1 fully saturated rings. The molecule has 0 radical (unpaired) electrons. The van der Waals surface area contributed by atoms with E-state index >= 15 is 0 Å². The molecule has 2 heterocycles. The van der Waals surface area contributed by atoms with E-state index in [9.17, 15) is 4.79 Å². The number of carbonyl (C=O) groups excluding carboxylic acids is 1. The summed E-state index contributed by atoms with van der Waals surface area (Å²) in [6.45, 7) is 6.96. The first-order valence-corrected chi connectivity index (χ1v) is 13.4. The molecular weight excluding hydrogens is 464 g/mol. The fourth-order valence-corrected chi connectivity index (χ4v) is 5.30. The number of nitrogens with one attached hydrogen (secondary N) is 1. The summed E-state index contributed by atoms with van der Waals surface area (Å²) in [6, 6.07) is 27.2. The van der Waals surface area contributed by atoms with Gasteiger partial charge in [-0.2, -0.15) is 0 Å². The maximum absolute atomic E-state index is 12.9. The fourth-order valence-electron chi connectivity index (χ4n) is 4.44. The predicted molar refractivity (Wildman–Crippen MR) is 149 cm³/mol. The van der Waals surface area contributed by atoms with E-state index < -0.39 is 0 Å². The number of aromatic nitrogens is 1. The standard InChI is InChI=1S/C30H32N4OS/c1-23-7-11-26(12-8-23)28-22-36-30(32-28)34(18-15-24-5-3-2-4-6-24)21-25-9-13-27(14-10-25)29(35)33-19-16-31-17-20-33/h2-14,22,31H,15-21H2,1H3. The summed E-state index contributed by atoms with van der Waals surface area (Å²) < 4.78 is 0. The average molecular weight is 497 g/mol. The van der Waals surface area contributed by atoms with Crippen LogP contribution < -0.4 is 10.2 Å². The van der Waals surface area contributed by atoms with Gasteiger partial charge in [-0.1, -0.05) is 72.3 Å². The van der Waals surface area contributed by atoms with Gasteiger partial charge < -0.3 is 15.1 Å². The van der Waals surface area contributed by atoms with Crippen molar-refractivity contribution in [2.24, 2.45) is 0 Å². The molecule has 1 saturated heterocycles. The highest BCUT2D eigenvalue weighted by Crippen LogP contribution is 2.29. The number of amides is 1. The monoisotopic (exact) mass is 496 g/mol. The lowest BCUT2D eigenvalue weighted by molar-refractivity contribution is 0.0736. The molecule has 1 N–H and O–H groups in total. The first-order chi connectivity index (χ1) is 17.7. The van der Waals surface area contributed by atoms with E-state index in [1.165, 1.54) is 16.7 Å². The van der Waals surface area contributed by atoms with Gasteiger partial charge in [0.1, 0.15) is 0 Å². The minimum Gasteiger partial charge on any atom is -0.343 e. The van der Waals surface area contributed by atoms with Crippen molar-refractivity contribution in [3.8, 4) is 11.3 Å². The Hall–Kier alpha value is -3.48. The molecule has 6 heteroatoms. The zero-order valence-electron chi connectivity index (χ0n) is 20.7. The van der Waals surface area contributed by atoms with Gasteiger partial charge in [0.15, 0.2) is 5.13 Å². The number of hydrogen-bond acceptors (Lipinski definition) is 5. The molecule has 3 aromatic carbocycles. The molecule has 0 unspecified atom stereocenters. The third kappa shape index (κ3) is 6.01. The molecule has 1 aliphatic rings. The number of hydrogen-bond donors (Lipinski definition) is 1. The molecule has 5 nitrogen and oxygen atoms in total. The van der Waals surface area contributed by atoms with Crippen molar-refractivity contribution < 1.29 is 4.79 Å². The van der Waals surface area contributed by atoms with Gasteiger partial charge in [0.2, 0.25) is 0 Å². The van der Waals surface area contributed by atoms with Gasteiger partial charge >= 0.3 is 0 Å². The topological polar surface area (TPSA) is 48.5 Å². The van der Waals surface area contributed by atoms with E-state index in [4.69, 9.17) is 4.98 Å². The molecule has 0 aliphatic carbocycles. The second-order valence-electron chi connectivity index (χ2n) is 9.28. The molecule has 1 amide bonds. The number of rotatable bonds is 8. The Labute approximate surface area is 217 Å². The van der Waals surface area contributed by atoms with Gasteiger partial charge in [-0.05, 0) is 36.6 Å². The second-order valence-corrected chi connectivity index (χ2v) is 10.1. The van der Waals surface area contributed by atoms with Crippen LogP contribution in [0, 0.1) is 6.92 Å². The van der Waals surface area contributed by atoms with Gasteiger partial charge in [-0.3, -0.25) is 4.79 Å². The number of thiazole rings is 1. The van der Waals surface area contributed by atoms with Crippen molar-refractivity contribution in [1.29, 1.82) is 0 Å². The number of piperazine rings is 1. The normalized spacial score (nSPS) is 13.5. The molecule has 0 atom stereocenters. The van der Waals surface area contributed by atoms with Gasteiger partial charge in [0.05, 0.1) is 5.69 Å². The maximum atomic E-state index is 12.9. The smallest absolute Gasteiger partial charge is 0.253 e. The van der Waals surface area contributed by atoms with Crippen LogP contribution >= 0.6 is 11.3 Å². The van der Waals surface area contributed by atoms with E-state index in [1.54, 1.807) is 11.3 Å². The molecule has 1 aliphatic heterocycles. The summed E-state index contributed by atoms with van der Waals surface area (Å²) in [5.41, 5.74) is 6.64. The Morgan fingerprint density at radius 3 is 2.39 bits per heavy atom. The molecule has 5 rings (SSSR count). The predicted octanol–water partition coefficient (Wildman–Crippen LogP) is 5.41. The molecule has 1 aromatic heterocycles. The first-order valence-electron chi connectivity index (χ1n) is 12.6. The summed E-state index contributed by atoms with van der Waals surface area (Å²) >= 11 is 1.69. The highest BCUT2D eigenvalue weighted by molar-refractivity contribution is 7.14. The van der Waals surface area contributed by atoms with Crippen molar-refractivity contribution in [1.82, 2.24) is 15.2 Å². The largest absolute Gasteiger partial charge is 0.343 e.